The minimum absolute atomic E-state index is 0.0592. The van der Waals surface area contributed by atoms with Crippen LogP contribution in [-0.2, 0) is 9.59 Å². The van der Waals surface area contributed by atoms with Crippen LogP contribution in [0.25, 0.3) is 0 Å². The topological polar surface area (TPSA) is 63.6 Å². The largest absolute Gasteiger partial charge is 0.300 e. The molecule has 0 aliphatic rings. The average Bonchev–Trinajstić information content (AvgIpc) is 1.84. The number of halogens is 1. The molecule has 0 unspecified atom stereocenters. The van der Waals surface area contributed by atoms with E-state index in [1.54, 1.807) is 22.6 Å². The molecule has 0 saturated carbocycles. The number of hydrogen-bond acceptors (Lipinski definition) is 4. The zero-order valence-electron chi connectivity index (χ0n) is 6.04. The fourth-order valence-corrected chi connectivity index (χ4v) is 1.17. The molecular formula is C6H8INO3. The molecule has 0 bridgehead atoms. The first kappa shape index (κ1) is 10.7. The van der Waals surface area contributed by atoms with Crippen molar-refractivity contribution in [3.8, 4) is 0 Å². The van der Waals surface area contributed by atoms with E-state index >= 15 is 0 Å². The number of carbonyl (C=O) groups is 2. The minimum atomic E-state index is -0.670. The highest BCUT2D eigenvalue weighted by atomic mass is 127. The molecule has 0 aliphatic carbocycles. The zero-order valence-corrected chi connectivity index (χ0v) is 8.20. The van der Waals surface area contributed by atoms with Gasteiger partial charge in [-0.2, -0.15) is 4.91 Å². The van der Waals surface area contributed by atoms with Gasteiger partial charge in [0.2, 0.25) is 0 Å². The fourth-order valence-electron chi connectivity index (χ4n) is 0.664. The molecule has 11 heavy (non-hydrogen) atoms. The van der Waals surface area contributed by atoms with Crippen LogP contribution in [0.15, 0.2) is 5.18 Å². The second-order valence-electron chi connectivity index (χ2n) is 2.22. The van der Waals surface area contributed by atoms with Gasteiger partial charge in [0.1, 0.15) is 11.8 Å². The van der Waals surface area contributed by atoms with Crippen LogP contribution in [0.2, 0.25) is 0 Å². The van der Waals surface area contributed by atoms with Crippen LogP contribution in [0, 0.1) is 4.91 Å². The molecule has 0 N–H and O–H groups in total. The van der Waals surface area contributed by atoms with E-state index in [-0.39, 0.29) is 22.4 Å². The van der Waals surface area contributed by atoms with Gasteiger partial charge in [0.15, 0.2) is 3.79 Å². The quantitative estimate of drug-likeness (QED) is 0.431. The Morgan fingerprint density at radius 2 is 2.00 bits per heavy atom. The Morgan fingerprint density at radius 1 is 1.45 bits per heavy atom. The maximum Gasteiger partial charge on any atom is 0.194 e. The average molecular weight is 269 g/mol. The third-order valence-electron chi connectivity index (χ3n) is 1.07. The molecule has 5 heteroatoms. The summed E-state index contributed by atoms with van der Waals surface area (Å²) in [6.07, 6.45) is 0.127. The van der Waals surface area contributed by atoms with Crippen LogP contribution in [0.4, 0.5) is 0 Å². The summed E-state index contributed by atoms with van der Waals surface area (Å²) in [5, 5.41) is 2.67. The summed E-state index contributed by atoms with van der Waals surface area (Å²) in [5.74, 6) is -0.118. The second-order valence-corrected chi connectivity index (χ2v) is 3.43. The van der Waals surface area contributed by atoms with Gasteiger partial charge in [-0.3, -0.25) is 9.59 Å². The molecule has 62 valence electrons. The molecule has 0 amide bonds. The van der Waals surface area contributed by atoms with E-state index in [1.807, 2.05) is 0 Å². The van der Waals surface area contributed by atoms with Crippen molar-refractivity contribution in [1.29, 1.82) is 0 Å². The normalized spacial score (nSPS) is 12.2. The molecule has 0 saturated heterocycles. The number of nitroso groups, excluding NO2 is 1. The van der Waals surface area contributed by atoms with Gasteiger partial charge in [-0.1, -0.05) is 5.18 Å². The van der Waals surface area contributed by atoms with E-state index in [0.717, 1.165) is 0 Å². The summed E-state index contributed by atoms with van der Waals surface area (Å²) in [7, 11) is 0. The number of hydrogen-bond donors (Lipinski definition) is 0. The lowest BCUT2D eigenvalue weighted by atomic mass is 10.1. The SMILES string of the molecule is CC(=O)C[C@@H](CC(=O)I)N=O. The van der Waals surface area contributed by atoms with Crippen LogP contribution < -0.4 is 0 Å². The molecule has 0 aliphatic heterocycles. The highest BCUT2D eigenvalue weighted by molar-refractivity contribution is 14.1. The summed E-state index contributed by atoms with van der Waals surface area (Å²) in [5.41, 5.74) is 0. The number of rotatable bonds is 5. The predicted molar refractivity (Wildman–Crippen MR) is 48.5 cm³/mol. The molecular weight excluding hydrogens is 261 g/mol. The summed E-state index contributed by atoms with van der Waals surface area (Å²) in [4.78, 5) is 31.0. The van der Waals surface area contributed by atoms with Gasteiger partial charge in [0.05, 0.1) is 0 Å². The Bertz CT molecular complexity index is 165. The Labute approximate surface area is 77.8 Å². The second kappa shape index (κ2) is 5.34. The van der Waals surface area contributed by atoms with Crippen LogP contribution >= 0.6 is 22.6 Å². The standard InChI is InChI=1S/C6H8INO3/c1-4(9)2-5(8-11)3-6(7)10/h5H,2-3H2,1H3/t5-/m0/s1. The monoisotopic (exact) mass is 269 g/mol. The lowest BCUT2D eigenvalue weighted by molar-refractivity contribution is -0.117. The van der Waals surface area contributed by atoms with Crippen molar-refractivity contribution < 1.29 is 9.59 Å². The van der Waals surface area contributed by atoms with Gasteiger partial charge in [0, 0.05) is 12.8 Å². The molecule has 1 atom stereocenters. The number of ketones is 1. The van der Waals surface area contributed by atoms with E-state index < -0.39 is 6.04 Å². The first-order valence-electron chi connectivity index (χ1n) is 3.06. The van der Waals surface area contributed by atoms with Gasteiger partial charge in [0.25, 0.3) is 0 Å². The number of nitrogens with zero attached hydrogens (tertiary/aromatic N) is 1. The summed E-state index contributed by atoms with van der Waals surface area (Å²) in [6.45, 7) is 1.37. The Balaban J connectivity index is 3.85. The van der Waals surface area contributed by atoms with Crippen LogP contribution in [0.5, 0.6) is 0 Å². The van der Waals surface area contributed by atoms with E-state index in [1.165, 1.54) is 6.92 Å². The number of Topliss-reactive ketones (excluding diaryl/α,β-unsaturated/α-hetero) is 1. The van der Waals surface area contributed by atoms with Crippen molar-refractivity contribution >= 4 is 32.2 Å². The zero-order chi connectivity index (χ0) is 8.85. The summed E-state index contributed by atoms with van der Waals surface area (Å²) in [6, 6.07) is -0.670. The number of carbonyl (C=O) groups excluding carboxylic acids is 2. The van der Waals surface area contributed by atoms with Crippen molar-refractivity contribution in [2.24, 2.45) is 5.18 Å². The predicted octanol–water partition coefficient (Wildman–Crippen LogP) is 1.45. The highest BCUT2D eigenvalue weighted by Crippen LogP contribution is 2.07. The fraction of sp³-hybridized carbons (Fsp3) is 0.667. The van der Waals surface area contributed by atoms with Crippen molar-refractivity contribution in [1.82, 2.24) is 0 Å². The first-order valence-corrected chi connectivity index (χ1v) is 4.14. The summed E-state index contributed by atoms with van der Waals surface area (Å²) < 4.78 is -0.145. The first-order chi connectivity index (χ1) is 5.06. The van der Waals surface area contributed by atoms with Gasteiger partial charge in [-0.05, 0) is 29.5 Å². The Hall–Kier alpha value is -0.330. The van der Waals surface area contributed by atoms with E-state index in [0.29, 0.717) is 0 Å². The third kappa shape index (κ3) is 6.08. The smallest absolute Gasteiger partial charge is 0.194 e. The van der Waals surface area contributed by atoms with Crippen molar-refractivity contribution in [3.05, 3.63) is 4.91 Å². The van der Waals surface area contributed by atoms with Crippen molar-refractivity contribution in [2.45, 2.75) is 25.8 Å². The van der Waals surface area contributed by atoms with Crippen LogP contribution in [0.3, 0.4) is 0 Å². The van der Waals surface area contributed by atoms with Crippen molar-refractivity contribution in [3.63, 3.8) is 0 Å². The molecule has 0 spiro atoms. The third-order valence-corrected chi connectivity index (χ3v) is 1.51. The van der Waals surface area contributed by atoms with Gasteiger partial charge < -0.3 is 0 Å². The van der Waals surface area contributed by atoms with Crippen LogP contribution in [-0.4, -0.2) is 15.6 Å². The maximum absolute atomic E-state index is 10.5. The Morgan fingerprint density at radius 3 is 2.27 bits per heavy atom. The molecule has 0 heterocycles. The maximum atomic E-state index is 10.5. The van der Waals surface area contributed by atoms with Crippen LogP contribution in [0.1, 0.15) is 19.8 Å². The lowest BCUT2D eigenvalue weighted by Crippen LogP contribution is -2.11. The molecule has 0 radical (unpaired) electrons. The molecule has 0 aromatic rings. The van der Waals surface area contributed by atoms with E-state index in [2.05, 4.69) is 5.18 Å². The van der Waals surface area contributed by atoms with E-state index in [9.17, 15) is 14.5 Å². The van der Waals surface area contributed by atoms with Crippen molar-refractivity contribution in [2.75, 3.05) is 0 Å². The van der Waals surface area contributed by atoms with Gasteiger partial charge in [-0.25, -0.2) is 0 Å². The summed E-state index contributed by atoms with van der Waals surface area (Å²) >= 11 is 1.58. The Kier molecular flexibility index (Phi) is 5.18. The lowest BCUT2D eigenvalue weighted by Gasteiger charge is -2.01. The van der Waals surface area contributed by atoms with Gasteiger partial charge in [-0.15, -0.1) is 0 Å². The molecule has 4 nitrogen and oxygen atoms in total. The highest BCUT2D eigenvalue weighted by Gasteiger charge is 2.14. The molecule has 0 aromatic carbocycles. The van der Waals surface area contributed by atoms with E-state index in [4.69, 9.17) is 0 Å². The van der Waals surface area contributed by atoms with Gasteiger partial charge >= 0.3 is 0 Å². The minimum Gasteiger partial charge on any atom is -0.300 e. The molecule has 0 rings (SSSR count). The molecule has 0 aromatic heterocycles. The molecule has 0 fully saturated rings.